The first-order chi connectivity index (χ1) is 7.89. The van der Waals surface area contributed by atoms with Crippen LogP contribution in [0.5, 0.6) is 0 Å². The van der Waals surface area contributed by atoms with E-state index in [1.807, 2.05) is 30.3 Å². The Hall–Kier alpha value is -0.580. The maximum Gasteiger partial charge on any atom is 0.154 e. The van der Waals surface area contributed by atoms with Gasteiger partial charge in [-0.15, -0.1) is 11.6 Å². The maximum atomic E-state index is 11.5. The molecule has 5 heteroatoms. The summed E-state index contributed by atoms with van der Waals surface area (Å²) in [5.74, 6) is 0.000839. The van der Waals surface area contributed by atoms with Crippen molar-refractivity contribution in [1.82, 2.24) is 0 Å². The Kier molecular flexibility index (Phi) is 3.48. The van der Waals surface area contributed by atoms with Crippen LogP contribution in [0.1, 0.15) is 12.5 Å². The molecular weight excluding hydrogens is 260 g/mol. The highest BCUT2D eigenvalue weighted by Gasteiger charge is 2.46. The second-order valence-corrected chi connectivity index (χ2v) is 7.59. The van der Waals surface area contributed by atoms with Gasteiger partial charge in [-0.25, -0.2) is 8.42 Å². The van der Waals surface area contributed by atoms with Gasteiger partial charge in [-0.2, -0.15) is 0 Å². The SMILES string of the molecule is CC1(Cl)CS(=O)(=O)CC1OCc1ccccc1. The van der Waals surface area contributed by atoms with Gasteiger partial charge in [-0.05, 0) is 12.5 Å². The highest BCUT2D eigenvalue weighted by atomic mass is 35.5. The largest absolute Gasteiger partial charge is 0.371 e. The third-order valence-corrected chi connectivity index (χ3v) is 5.26. The maximum absolute atomic E-state index is 11.5. The molecule has 1 aromatic carbocycles. The number of alkyl halides is 1. The molecule has 0 bridgehead atoms. The zero-order chi connectivity index (χ0) is 12.5. The van der Waals surface area contributed by atoms with Crippen LogP contribution in [0.3, 0.4) is 0 Å². The molecule has 0 aliphatic carbocycles. The molecule has 2 rings (SSSR count). The number of hydrogen-bond donors (Lipinski definition) is 0. The molecule has 1 saturated heterocycles. The predicted octanol–water partition coefficient (Wildman–Crippen LogP) is 2.00. The Bertz CT molecular complexity index is 482. The van der Waals surface area contributed by atoms with Gasteiger partial charge >= 0.3 is 0 Å². The monoisotopic (exact) mass is 274 g/mol. The summed E-state index contributed by atoms with van der Waals surface area (Å²) in [7, 11) is -3.06. The van der Waals surface area contributed by atoms with Crippen LogP contribution in [-0.4, -0.2) is 30.9 Å². The van der Waals surface area contributed by atoms with Crippen molar-refractivity contribution < 1.29 is 13.2 Å². The number of ether oxygens (including phenoxy) is 1. The van der Waals surface area contributed by atoms with Crippen LogP contribution in [-0.2, 0) is 21.2 Å². The second-order valence-electron chi connectivity index (χ2n) is 4.62. The van der Waals surface area contributed by atoms with Gasteiger partial charge in [0.2, 0.25) is 0 Å². The molecule has 1 aliphatic rings. The summed E-state index contributed by atoms with van der Waals surface area (Å²) in [5, 5.41) is 0. The second kappa shape index (κ2) is 4.59. The Balaban J connectivity index is 2.01. The molecular formula is C12H15ClO3S. The zero-order valence-corrected chi connectivity index (χ0v) is 11.2. The molecule has 0 spiro atoms. The highest BCUT2D eigenvalue weighted by molar-refractivity contribution is 7.91. The minimum absolute atomic E-state index is 0.0129. The van der Waals surface area contributed by atoms with E-state index in [0.717, 1.165) is 5.56 Å². The van der Waals surface area contributed by atoms with Crippen molar-refractivity contribution in [2.45, 2.75) is 24.5 Å². The number of halogens is 1. The lowest BCUT2D eigenvalue weighted by Crippen LogP contribution is -2.34. The van der Waals surface area contributed by atoms with Gasteiger partial charge in [-0.3, -0.25) is 0 Å². The molecule has 0 amide bonds. The smallest absolute Gasteiger partial charge is 0.154 e. The van der Waals surface area contributed by atoms with E-state index in [1.165, 1.54) is 0 Å². The Morgan fingerprint density at radius 1 is 1.41 bits per heavy atom. The molecule has 0 radical (unpaired) electrons. The van der Waals surface area contributed by atoms with E-state index in [9.17, 15) is 8.42 Å². The van der Waals surface area contributed by atoms with Crippen LogP contribution in [0.25, 0.3) is 0 Å². The third-order valence-electron chi connectivity index (χ3n) is 2.87. The van der Waals surface area contributed by atoms with Crippen molar-refractivity contribution in [2.24, 2.45) is 0 Å². The van der Waals surface area contributed by atoms with E-state index >= 15 is 0 Å². The minimum atomic E-state index is -3.06. The fourth-order valence-electron chi connectivity index (χ4n) is 1.98. The van der Waals surface area contributed by atoms with Gasteiger partial charge in [0.25, 0.3) is 0 Å². The van der Waals surface area contributed by atoms with Gasteiger partial charge in [0.1, 0.15) is 0 Å². The van der Waals surface area contributed by atoms with Crippen LogP contribution in [0, 0.1) is 0 Å². The topological polar surface area (TPSA) is 43.4 Å². The first kappa shape index (κ1) is 12.9. The summed E-state index contributed by atoms with van der Waals surface area (Å²) in [6.45, 7) is 2.11. The average molecular weight is 275 g/mol. The van der Waals surface area contributed by atoms with Crippen molar-refractivity contribution in [2.75, 3.05) is 11.5 Å². The number of rotatable bonds is 3. The van der Waals surface area contributed by atoms with Crippen molar-refractivity contribution in [3.8, 4) is 0 Å². The molecule has 1 aliphatic heterocycles. The predicted molar refractivity (Wildman–Crippen MR) is 67.9 cm³/mol. The summed E-state index contributed by atoms with van der Waals surface area (Å²) in [5.41, 5.74) is 1.02. The lowest BCUT2D eigenvalue weighted by Gasteiger charge is -2.22. The van der Waals surface area contributed by atoms with Crippen LogP contribution in [0.2, 0.25) is 0 Å². The summed E-state index contributed by atoms with van der Waals surface area (Å²) in [4.78, 5) is -0.812. The number of sulfone groups is 1. The standard InChI is InChI=1S/C12H15ClO3S/c1-12(13)9-17(14,15)8-11(12)16-7-10-5-3-2-4-6-10/h2-6,11H,7-9H2,1H3. The van der Waals surface area contributed by atoms with E-state index in [2.05, 4.69) is 0 Å². The number of benzene rings is 1. The molecule has 1 fully saturated rings. The van der Waals surface area contributed by atoms with Gasteiger partial charge in [0.15, 0.2) is 9.84 Å². The molecule has 0 saturated carbocycles. The molecule has 94 valence electrons. The Morgan fingerprint density at radius 3 is 2.59 bits per heavy atom. The fraction of sp³-hybridized carbons (Fsp3) is 0.500. The first-order valence-electron chi connectivity index (χ1n) is 5.44. The normalized spacial score (nSPS) is 31.5. The average Bonchev–Trinajstić information content (AvgIpc) is 2.45. The molecule has 0 aromatic heterocycles. The summed E-state index contributed by atoms with van der Waals surface area (Å²) < 4.78 is 28.6. The third kappa shape index (κ3) is 3.21. The van der Waals surface area contributed by atoms with Crippen molar-refractivity contribution in [1.29, 1.82) is 0 Å². The van der Waals surface area contributed by atoms with E-state index in [-0.39, 0.29) is 11.5 Å². The van der Waals surface area contributed by atoms with E-state index in [4.69, 9.17) is 16.3 Å². The zero-order valence-electron chi connectivity index (χ0n) is 9.60. The quantitative estimate of drug-likeness (QED) is 0.792. The molecule has 2 unspecified atom stereocenters. The molecule has 17 heavy (non-hydrogen) atoms. The number of hydrogen-bond acceptors (Lipinski definition) is 3. The molecule has 0 N–H and O–H groups in total. The molecule has 1 heterocycles. The minimum Gasteiger partial charge on any atom is -0.371 e. The van der Waals surface area contributed by atoms with Gasteiger partial charge in [-0.1, -0.05) is 30.3 Å². The Morgan fingerprint density at radius 2 is 2.06 bits per heavy atom. The van der Waals surface area contributed by atoms with Crippen molar-refractivity contribution >= 4 is 21.4 Å². The summed E-state index contributed by atoms with van der Waals surface area (Å²) >= 11 is 6.18. The first-order valence-corrected chi connectivity index (χ1v) is 7.64. The van der Waals surface area contributed by atoms with Crippen LogP contribution in [0.4, 0.5) is 0 Å². The van der Waals surface area contributed by atoms with E-state index in [1.54, 1.807) is 6.92 Å². The molecule has 1 aromatic rings. The highest BCUT2D eigenvalue weighted by Crippen LogP contribution is 2.32. The Labute approximate surface area is 107 Å². The van der Waals surface area contributed by atoms with E-state index < -0.39 is 20.8 Å². The van der Waals surface area contributed by atoms with Gasteiger partial charge < -0.3 is 4.74 Å². The van der Waals surface area contributed by atoms with Crippen molar-refractivity contribution in [3.63, 3.8) is 0 Å². The van der Waals surface area contributed by atoms with Crippen LogP contribution in [0.15, 0.2) is 30.3 Å². The lowest BCUT2D eigenvalue weighted by atomic mass is 10.1. The fourth-order valence-corrected chi connectivity index (χ4v) is 4.80. The van der Waals surface area contributed by atoms with Gasteiger partial charge in [0, 0.05) is 0 Å². The molecule has 2 atom stereocenters. The van der Waals surface area contributed by atoms with Crippen molar-refractivity contribution in [3.05, 3.63) is 35.9 Å². The van der Waals surface area contributed by atoms with Crippen LogP contribution < -0.4 is 0 Å². The summed E-state index contributed by atoms with van der Waals surface area (Å²) in [6, 6.07) is 9.65. The van der Waals surface area contributed by atoms with Crippen LogP contribution >= 0.6 is 11.6 Å². The summed E-state index contributed by atoms with van der Waals surface area (Å²) in [6.07, 6.45) is -0.436. The van der Waals surface area contributed by atoms with E-state index in [0.29, 0.717) is 6.61 Å². The van der Waals surface area contributed by atoms with Gasteiger partial charge in [0.05, 0.1) is 29.1 Å². The molecule has 3 nitrogen and oxygen atoms in total. The lowest BCUT2D eigenvalue weighted by molar-refractivity contribution is 0.0406.